The summed E-state index contributed by atoms with van der Waals surface area (Å²) in [6.45, 7) is 3.61. The Labute approximate surface area is 92.4 Å². The van der Waals surface area contributed by atoms with Crippen LogP contribution in [0, 0.1) is 5.92 Å². The summed E-state index contributed by atoms with van der Waals surface area (Å²) in [7, 11) is 1.72. The lowest BCUT2D eigenvalue weighted by molar-refractivity contribution is -0.0911. The molecule has 0 spiro atoms. The van der Waals surface area contributed by atoms with Gasteiger partial charge in [-0.1, -0.05) is 6.42 Å². The number of aliphatic hydroxyl groups excluding tert-OH is 1. The Morgan fingerprint density at radius 2 is 2.00 bits per heavy atom. The second-order valence-electron chi connectivity index (χ2n) is 5.14. The van der Waals surface area contributed by atoms with Crippen molar-refractivity contribution in [3.8, 4) is 0 Å². The van der Waals surface area contributed by atoms with Crippen LogP contribution in [0.2, 0.25) is 0 Å². The number of hydrogen-bond acceptors (Lipinski definition) is 3. The van der Waals surface area contributed by atoms with Gasteiger partial charge in [0.25, 0.3) is 0 Å². The minimum atomic E-state index is -0.240. The topological polar surface area (TPSA) is 32.7 Å². The van der Waals surface area contributed by atoms with Crippen molar-refractivity contribution in [1.29, 1.82) is 0 Å². The maximum atomic E-state index is 9.32. The third-order valence-electron chi connectivity index (χ3n) is 4.23. The first kappa shape index (κ1) is 11.4. The van der Waals surface area contributed by atoms with Crippen molar-refractivity contribution < 1.29 is 9.84 Å². The van der Waals surface area contributed by atoms with Crippen LogP contribution in [0.1, 0.15) is 32.1 Å². The van der Waals surface area contributed by atoms with Gasteiger partial charge in [0.1, 0.15) is 0 Å². The molecule has 1 saturated heterocycles. The van der Waals surface area contributed by atoms with Gasteiger partial charge in [0.05, 0.1) is 12.2 Å². The summed E-state index contributed by atoms with van der Waals surface area (Å²) in [4.78, 5) is 2.54. The van der Waals surface area contributed by atoms with Crippen LogP contribution in [0.25, 0.3) is 0 Å². The number of likely N-dealkylation sites (tertiary alicyclic amines) is 1. The molecule has 1 aliphatic carbocycles. The van der Waals surface area contributed by atoms with Crippen LogP contribution in [0.4, 0.5) is 0 Å². The number of piperidine rings is 1. The van der Waals surface area contributed by atoms with Gasteiger partial charge < -0.3 is 14.7 Å². The van der Waals surface area contributed by atoms with Crippen molar-refractivity contribution in [2.45, 2.75) is 37.7 Å². The van der Waals surface area contributed by atoms with Gasteiger partial charge in [0.15, 0.2) is 0 Å². The molecule has 1 heterocycles. The van der Waals surface area contributed by atoms with Crippen LogP contribution in [0.3, 0.4) is 0 Å². The first-order chi connectivity index (χ1) is 7.28. The molecule has 0 atom stereocenters. The van der Waals surface area contributed by atoms with E-state index >= 15 is 0 Å². The normalized spacial score (nSPS) is 27.6. The van der Waals surface area contributed by atoms with E-state index < -0.39 is 0 Å². The lowest BCUT2D eigenvalue weighted by Gasteiger charge is -2.41. The fourth-order valence-electron chi connectivity index (χ4n) is 2.61. The number of methoxy groups -OCH3 is 1. The Hall–Kier alpha value is -0.120. The van der Waals surface area contributed by atoms with Gasteiger partial charge in [-0.2, -0.15) is 0 Å². The highest BCUT2D eigenvalue weighted by Crippen LogP contribution is 2.30. The summed E-state index contributed by atoms with van der Waals surface area (Å²) < 4.78 is 5.44. The van der Waals surface area contributed by atoms with E-state index in [2.05, 4.69) is 4.90 Å². The average molecular weight is 213 g/mol. The molecule has 1 N–H and O–H groups in total. The molecule has 15 heavy (non-hydrogen) atoms. The Kier molecular flexibility index (Phi) is 3.65. The molecule has 2 rings (SSSR count). The molecular weight excluding hydrogens is 190 g/mol. The van der Waals surface area contributed by atoms with Gasteiger partial charge in [0.2, 0.25) is 0 Å². The third-order valence-corrected chi connectivity index (χ3v) is 4.23. The molecule has 0 bridgehead atoms. The van der Waals surface area contributed by atoms with Gasteiger partial charge in [-0.15, -0.1) is 0 Å². The monoisotopic (exact) mass is 213 g/mol. The van der Waals surface area contributed by atoms with E-state index in [1.165, 1.54) is 25.8 Å². The van der Waals surface area contributed by atoms with Gasteiger partial charge in [-0.25, -0.2) is 0 Å². The minimum absolute atomic E-state index is 0.167. The quantitative estimate of drug-likeness (QED) is 0.763. The molecule has 88 valence electrons. The fraction of sp³-hybridized carbons (Fsp3) is 1.00. The van der Waals surface area contributed by atoms with E-state index in [4.69, 9.17) is 4.74 Å². The summed E-state index contributed by atoms with van der Waals surface area (Å²) in [6.07, 6.45) is 6.23. The van der Waals surface area contributed by atoms with E-state index in [1.807, 2.05) is 0 Å². The van der Waals surface area contributed by atoms with Crippen LogP contribution in [-0.2, 0) is 4.74 Å². The molecule has 1 aliphatic heterocycles. The molecular formula is C12H23NO2. The zero-order valence-electron chi connectivity index (χ0n) is 9.74. The van der Waals surface area contributed by atoms with Crippen molar-refractivity contribution in [2.24, 2.45) is 5.92 Å². The van der Waals surface area contributed by atoms with E-state index in [9.17, 15) is 5.11 Å². The Morgan fingerprint density at radius 1 is 1.33 bits per heavy atom. The highest BCUT2D eigenvalue weighted by Gasteiger charge is 2.34. The third kappa shape index (κ3) is 2.52. The molecule has 0 aromatic heterocycles. The highest BCUT2D eigenvalue weighted by atomic mass is 16.5. The summed E-state index contributed by atoms with van der Waals surface area (Å²) >= 11 is 0. The largest absolute Gasteiger partial charge is 0.393 e. The first-order valence-corrected chi connectivity index (χ1v) is 6.16. The predicted molar refractivity (Wildman–Crippen MR) is 59.8 cm³/mol. The molecule has 2 fully saturated rings. The van der Waals surface area contributed by atoms with Gasteiger partial charge in [-0.3, -0.25) is 0 Å². The average Bonchev–Trinajstić information content (AvgIpc) is 2.25. The molecule has 0 amide bonds. The second-order valence-corrected chi connectivity index (χ2v) is 5.14. The maximum Gasteiger partial charge on any atom is 0.0932 e. The van der Waals surface area contributed by atoms with Crippen molar-refractivity contribution >= 4 is 0 Å². The summed E-state index contributed by atoms with van der Waals surface area (Å²) in [5, 5.41) is 9.32. The number of hydrogen-bond donors (Lipinski definition) is 1. The van der Waals surface area contributed by atoms with Crippen LogP contribution >= 0.6 is 0 Å². The zero-order chi connectivity index (χ0) is 10.7. The van der Waals surface area contributed by atoms with Gasteiger partial charge >= 0.3 is 0 Å². The Morgan fingerprint density at radius 3 is 2.40 bits per heavy atom. The lowest BCUT2D eigenvalue weighted by Crippen LogP contribution is -2.49. The number of nitrogens with zero attached hydrogens (tertiary/aromatic N) is 1. The van der Waals surface area contributed by atoms with Crippen molar-refractivity contribution in [3.05, 3.63) is 0 Å². The van der Waals surface area contributed by atoms with Crippen LogP contribution in [-0.4, -0.2) is 49.0 Å². The van der Waals surface area contributed by atoms with E-state index in [1.54, 1.807) is 7.11 Å². The first-order valence-electron chi connectivity index (χ1n) is 6.16. The summed E-state index contributed by atoms with van der Waals surface area (Å²) in [6, 6.07) is 0. The minimum Gasteiger partial charge on any atom is -0.393 e. The van der Waals surface area contributed by atoms with Crippen molar-refractivity contribution in [1.82, 2.24) is 4.90 Å². The molecule has 0 aromatic rings. The lowest BCUT2D eigenvalue weighted by atomic mass is 9.84. The number of ether oxygens (including phenoxy) is 1. The number of aliphatic hydroxyl groups is 1. The molecule has 0 aromatic carbocycles. The SMILES string of the molecule is COC1(CO)CCN(CC2CCC2)CC1. The Bertz CT molecular complexity index is 190. The van der Waals surface area contributed by atoms with E-state index in [0.29, 0.717) is 0 Å². The van der Waals surface area contributed by atoms with Crippen LogP contribution < -0.4 is 0 Å². The second kappa shape index (κ2) is 4.81. The van der Waals surface area contributed by atoms with Gasteiger partial charge in [-0.05, 0) is 31.6 Å². The molecule has 2 aliphatic rings. The van der Waals surface area contributed by atoms with Gasteiger partial charge in [0, 0.05) is 26.7 Å². The molecule has 3 heteroatoms. The zero-order valence-corrected chi connectivity index (χ0v) is 9.74. The predicted octanol–water partition coefficient (Wildman–Crippen LogP) is 1.26. The van der Waals surface area contributed by atoms with Crippen LogP contribution in [0.5, 0.6) is 0 Å². The fourth-order valence-corrected chi connectivity index (χ4v) is 2.61. The van der Waals surface area contributed by atoms with E-state index in [0.717, 1.165) is 31.8 Å². The van der Waals surface area contributed by atoms with Crippen molar-refractivity contribution in [3.63, 3.8) is 0 Å². The molecule has 0 unspecified atom stereocenters. The Balaban J connectivity index is 1.75. The maximum absolute atomic E-state index is 9.32. The van der Waals surface area contributed by atoms with E-state index in [-0.39, 0.29) is 12.2 Å². The smallest absolute Gasteiger partial charge is 0.0932 e. The number of rotatable bonds is 4. The molecule has 3 nitrogen and oxygen atoms in total. The molecule has 1 saturated carbocycles. The summed E-state index contributed by atoms with van der Waals surface area (Å²) in [5.74, 6) is 0.953. The standard InChI is InChI=1S/C12H23NO2/c1-15-12(10-14)5-7-13(8-6-12)9-11-3-2-4-11/h11,14H,2-10H2,1H3. The highest BCUT2D eigenvalue weighted by molar-refractivity contribution is 4.88. The van der Waals surface area contributed by atoms with Crippen LogP contribution in [0.15, 0.2) is 0 Å². The molecule has 0 radical (unpaired) electrons. The van der Waals surface area contributed by atoms with Crippen molar-refractivity contribution in [2.75, 3.05) is 33.4 Å². The summed E-state index contributed by atoms with van der Waals surface area (Å²) in [5.41, 5.74) is -0.240.